The Morgan fingerprint density at radius 3 is 2.86 bits per heavy atom. The Morgan fingerprint density at radius 2 is 2.29 bits per heavy atom. The fraction of sp³-hybridized carbons (Fsp3) is 0.273. The number of aromatic nitrogens is 1. The van der Waals surface area contributed by atoms with Crippen LogP contribution < -0.4 is 0 Å². The molecule has 2 nitrogen and oxygen atoms in total. The summed E-state index contributed by atoms with van der Waals surface area (Å²) in [5.41, 5.74) is 1.55. The van der Waals surface area contributed by atoms with E-state index in [-0.39, 0.29) is 5.78 Å². The minimum absolute atomic E-state index is 0.0420. The lowest BCUT2D eigenvalue weighted by Gasteiger charge is -2.02. The number of rotatable bonds is 4. The molecule has 0 aliphatic rings. The predicted molar refractivity (Wildman–Crippen MR) is 57.6 cm³/mol. The van der Waals surface area contributed by atoms with E-state index in [0.29, 0.717) is 23.4 Å². The number of allylic oxidation sites excluding steroid dienone is 1. The van der Waals surface area contributed by atoms with Crippen molar-refractivity contribution in [3.8, 4) is 0 Å². The highest BCUT2D eigenvalue weighted by atomic mass is 35.5. The second-order valence-corrected chi connectivity index (χ2v) is 3.64. The Kier molecular flexibility index (Phi) is 3.84. The molecule has 0 bridgehead atoms. The summed E-state index contributed by atoms with van der Waals surface area (Å²) in [5.74, 6) is 0.0420. The lowest BCUT2D eigenvalue weighted by molar-refractivity contribution is 0.0983. The first-order valence-corrected chi connectivity index (χ1v) is 4.76. The van der Waals surface area contributed by atoms with Crippen LogP contribution in [-0.2, 0) is 0 Å². The third-order valence-electron chi connectivity index (χ3n) is 1.85. The predicted octanol–water partition coefficient (Wildman–Crippen LogP) is 3.27. The van der Waals surface area contributed by atoms with Crippen molar-refractivity contribution in [2.75, 3.05) is 0 Å². The van der Waals surface area contributed by atoms with Crippen molar-refractivity contribution >= 4 is 17.4 Å². The second kappa shape index (κ2) is 4.91. The number of halogens is 1. The number of hydrogen-bond acceptors (Lipinski definition) is 2. The van der Waals surface area contributed by atoms with Gasteiger partial charge < -0.3 is 0 Å². The normalized spacial score (nSPS) is 9.86. The molecule has 0 unspecified atom stereocenters. The van der Waals surface area contributed by atoms with Crippen LogP contribution in [-0.4, -0.2) is 10.8 Å². The molecule has 0 aromatic carbocycles. The van der Waals surface area contributed by atoms with Gasteiger partial charge in [-0.3, -0.25) is 9.78 Å². The minimum atomic E-state index is 0.0420. The molecule has 0 amide bonds. The van der Waals surface area contributed by atoms with Crippen molar-refractivity contribution in [2.45, 2.75) is 19.8 Å². The smallest absolute Gasteiger partial charge is 0.164 e. The summed E-state index contributed by atoms with van der Waals surface area (Å²) in [6.45, 7) is 5.65. The van der Waals surface area contributed by atoms with Crippen molar-refractivity contribution in [2.24, 2.45) is 0 Å². The largest absolute Gasteiger partial charge is 0.294 e. The maximum absolute atomic E-state index is 11.6. The molecule has 0 saturated heterocycles. The fourth-order valence-corrected chi connectivity index (χ4v) is 1.29. The number of carbonyl (C=O) groups excluding carboxylic acids is 1. The monoisotopic (exact) mass is 209 g/mol. The van der Waals surface area contributed by atoms with Crippen LogP contribution in [0.3, 0.4) is 0 Å². The Hall–Kier alpha value is -1.15. The third kappa shape index (κ3) is 2.96. The highest BCUT2D eigenvalue weighted by Crippen LogP contribution is 2.16. The van der Waals surface area contributed by atoms with Gasteiger partial charge in [0.1, 0.15) is 0 Å². The number of pyridine rings is 1. The van der Waals surface area contributed by atoms with Crippen LogP contribution in [0.25, 0.3) is 0 Å². The van der Waals surface area contributed by atoms with Crippen molar-refractivity contribution < 1.29 is 4.79 Å². The van der Waals surface area contributed by atoms with E-state index < -0.39 is 0 Å². The van der Waals surface area contributed by atoms with Crippen LogP contribution in [0.5, 0.6) is 0 Å². The molecule has 0 atom stereocenters. The third-order valence-corrected chi connectivity index (χ3v) is 2.15. The Labute approximate surface area is 88.6 Å². The molecule has 1 rings (SSSR count). The summed E-state index contributed by atoms with van der Waals surface area (Å²) < 4.78 is 0. The molecule has 0 saturated carbocycles. The van der Waals surface area contributed by atoms with E-state index in [1.165, 1.54) is 6.20 Å². The van der Waals surface area contributed by atoms with Crippen LogP contribution in [0.2, 0.25) is 5.02 Å². The zero-order valence-corrected chi connectivity index (χ0v) is 8.84. The number of carbonyl (C=O) groups is 1. The van der Waals surface area contributed by atoms with E-state index in [9.17, 15) is 4.79 Å². The molecule has 0 radical (unpaired) electrons. The standard InChI is InChI=1S/C11H12ClNO/c1-8(2)3-4-11(14)9-5-6-13-7-10(9)12/h5-7H,1,3-4H2,2H3. The van der Waals surface area contributed by atoms with E-state index in [1.54, 1.807) is 12.3 Å². The molecule has 0 fully saturated rings. The van der Waals surface area contributed by atoms with Crippen LogP contribution in [0.15, 0.2) is 30.6 Å². The lowest BCUT2D eigenvalue weighted by Crippen LogP contribution is -2.00. The van der Waals surface area contributed by atoms with Gasteiger partial charge in [-0.05, 0) is 19.4 Å². The molecule has 1 aromatic rings. The van der Waals surface area contributed by atoms with E-state index >= 15 is 0 Å². The first-order valence-electron chi connectivity index (χ1n) is 4.38. The fourth-order valence-electron chi connectivity index (χ4n) is 1.06. The maximum atomic E-state index is 11.6. The van der Waals surface area contributed by atoms with Crippen LogP contribution in [0.1, 0.15) is 30.1 Å². The molecular weight excluding hydrogens is 198 g/mol. The average Bonchev–Trinajstić information content (AvgIpc) is 2.15. The summed E-state index contributed by atoms with van der Waals surface area (Å²) >= 11 is 5.83. The van der Waals surface area contributed by atoms with E-state index in [1.807, 2.05) is 6.92 Å². The molecule has 0 aliphatic heterocycles. The first kappa shape index (κ1) is 10.9. The molecule has 0 N–H and O–H groups in total. The number of hydrogen-bond donors (Lipinski definition) is 0. The van der Waals surface area contributed by atoms with E-state index in [2.05, 4.69) is 11.6 Å². The zero-order chi connectivity index (χ0) is 10.6. The van der Waals surface area contributed by atoms with Gasteiger partial charge in [-0.1, -0.05) is 17.2 Å². The number of ketones is 1. The molecule has 74 valence electrons. The molecule has 0 aliphatic carbocycles. The van der Waals surface area contributed by atoms with Crippen LogP contribution >= 0.6 is 11.6 Å². The average molecular weight is 210 g/mol. The van der Waals surface area contributed by atoms with Crippen molar-refractivity contribution in [3.05, 3.63) is 41.2 Å². The SMILES string of the molecule is C=C(C)CCC(=O)c1ccncc1Cl. The van der Waals surface area contributed by atoms with E-state index in [4.69, 9.17) is 11.6 Å². The first-order chi connectivity index (χ1) is 6.61. The van der Waals surface area contributed by atoms with Crippen LogP contribution in [0.4, 0.5) is 0 Å². The van der Waals surface area contributed by atoms with E-state index in [0.717, 1.165) is 5.57 Å². The van der Waals surface area contributed by atoms with Gasteiger partial charge in [0.15, 0.2) is 5.78 Å². The quantitative estimate of drug-likeness (QED) is 0.563. The lowest BCUT2D eigenvalue weighted by atomic mass is 10.1. The number of nitrogens with zero attached hydrogens (tertiary/aromatic N) is 1. The molecule has 0 spiro atoms. The van der Waals surface area contributed by atoms with Gasteiger partial charge in [0.25, 0.3) is 0 Å². The van der Waals surface area contributed by atoms with Gasteiger partial charge in [-0.2, -0.15) is 0 Å². The molecule has 1 aromatic heterocycles. The summed E-state index contributed by atoms with van der Waals surface area (Å²) in [4.78, 5) is 15.4. The Bertz CT molecular complexity index is 360. The Balaban J connectivity index is 2.70. The highest BCUT2D eigenvalue weighted by molar-refractivity contribution is 6.33. The van der Waals surface area contributed by atoms with Gasteiger partial charge in [-0.15, -0.1) is 6.58 Å². The van der Waals surface area contributed by atoms with Gasteiger partial charge in [-0.25, -0.2) is 0 Å². The van der Waals surface area contributed by atoms with Gasteiger partial charge in [0.2, 0.25) is 0 Å². The molecule has 14 heavy (non-hydrogen) atoms. The highest BCUT2D eigenvalue weighted by Gasteiger charge is 2.09. The minimum Gasteiger partial charge on any atom is -0.294 e. The summed E-state index contributed by atoms with van der Waals surface area (Å²) in [5, 5.41) is 0.416. The maximum Gasteiger partial charge on any atom is 0.164 e. The molecular formula is C11H12ClNO. The Morgan fingerprint density at radius 1 is 1.57 bits per heavy atom. The topological polar surface area (TPSA) is 30.0 Å². The second-order valence-electron chi connectivity index (χ2n) is 3.24. The number of Topliss-reactive ketones (excluding diaryl/α,β-unsaturated/α-hetero) is 1. The van der Waals surface area contributed by atoms with Crippen molar-refractivity contribution in [3.63, 3.8) is 0 Å². The summed E-state index contributed by atoms with van der Waals surface area (Å²) in [6, 6.07) is 1.64. The van der Waals surface area contributed by atoms with Gasteiger partial charge in [0, 0.05) is 24.4 Å². The summed E-state index contributed by atoms with van der Waals surface area (Å²) in [6.07, 6.45) is 4.21. The van der Waals surface area contributed by atoms with Gasteiger partial charge in [0.05, 0.1) is 5.02 Å². The molecule has 1 heterocycles. The van der Waals surface area contributed by atoms with Crippen LogP contribution in [0, 0.1) is 0 Å². The summed E-state index contributed by atoms with van der Waals surface area (Å²) in [7, 11) is 0. The van der Waals surface area contributed by atoms with Crippen molar-refractivity contribution in [1.29, 1.82) is 0 Å². The molecule has 3 heteroatoms. The van der Waals surface area contributed by atoms with Crippen molar-refractivity contribution in [1.82, 2.24) is 4.98 Å². The zero-order valence-electron chi connectivity index (χ0n) is 8.09. The van der Waals surface area contributed by atoms with Gasteiger partial charge >= 0.3 is 0 Å².